The van der Waals surface area contributed by atoms with E-state index in [2.05, 4.69) is 20.6 Å². The number of amides is 2. The second kappa shape index (κ2) is 8.85. The van der Waals surface area contributed by atoms with Gasteiger partial charge in [0, 0.05) is 34.1 Å². The van der Waals surface area contributed by atoms with E-state index in [0.717, 1.165) is 10.4 Å². The Bertz CT molecular complexity index is 1240. The van der Waals surface area contributed by atoms with Crippen molar-refractivity contribution in [1.82, 2.24) is 9.97 Å². The number of rotatable bonds is 5. The van der Waals surface area contributed by atoms with Crippen LogP contribution in [0.15, 0.2) is 73.1 Å². The maximum atomic E-state index is 13.2. The molecule has 0 bridgehead atoms. The number of carbonyl (C=O) groups is 2. The van der Waals surface area contributed by atoms with Crippen LogP contribution < -0.4 is 10.6 Å². The van der Waals surface area contributed by atoms with Gasteiger partial charge in [0.05, 0.1) is 11.3 Å². The molecule has 31 heavy (non-hydrogen) atoms. The quantitative estimate of drug-likeness (QED) is 0.456. The lowest BCUT2D eigenvalue weighted by Crippen LogP contribution is -2.14. The third kappa shape index (κ3) is 4.81. The van der Waals surface area contributed by atoms with E-state index in [1.54, 1.807) is 54.7 Å². The Labute approximate surface area is 181 Å². The number of aryl methyl sites for hydroxylation is 1. The van der Waals surface area contributed by atoms with Gasteiger partial charge in [-0.1, -0.05) is 6.07 Å². The van der Waals surface area contributed by atoms with E-state index in [4.69, 9.17) is 0 Å². The average Bonchev–Trinajstić information content (AvgIpc) is 3.15. The van der Waals surface area contributed by atoms with E-state index < -0.39 is 0 Å². The molecular weight excluding hydrogens is 415 g/mol. The number of halogens is 1. The van der Waals surface area contributed by atoms with Gasteiger partial charge in [0.25, 0.3) is 11.8 Å². The number of nitrogens with zero attached hydrogens (tertiary/aromatic N) is 2. The number of hydrogen-bond acceptors (Lipinski definition) is 5. The number of nitrogens with one attached hydrogen (secondary N) is 2. The molecule has 2 heterocycles. The highest BCUT2D eigenvalue weighted by Crippen LogP contribution is 2.30. The molecule has 2 amide bonds. The van der Waals surface area contributed by atoms with Crippen molar-refractivity contribution in [2.24, 2.45) is 0 Å². The minimum Gasteiger partial charge on any atom is -0.322 e. The highest BCUT2D eigenvalue weighted by Gasteiger charge is 2.14. The summed E-state index contributed by atoms with van der Waals surface area (Å²) < 4.78 is 13.2. The van der Waals surface area contributed by atoms with Crippen molar-refractivity contribution < 1.29 is 14.0 Å². The van der Waals surface area contributed by atoms with Gasteiger partial charge in [-0.15, -0.1) is 11.3 Å². The summed E-state index contributed by atoms with van der Waals surface area (Å²) in [5.74, 6) is -0.984. The van der Waals surface area contributed by atoms with Crippen LogP contribution in [0, 0.1) is 12.7 Å². The maximum Gasteiger partial charge on any atom is 0.257 e. The van der Waals surface area contributed by atoms with Crippen molar-refractivity contribution in [3.8, 4) is 11.3 Å². The van der Waals surface area contributed by atoms with Crippen molar-refractivity contribution in [3.05, 3.63) is 94.9 Å². The van der Waals surface area contributed by atoms with E-state index in [9.17, 15) is 14.0 Å². The summed E-state index contributed by atoms with van der Waals surface area (Å²) in [6.07, 6.45) is 3.05. The van der Waals surface area contributed by atoms with Crippen LogP contribution in [-0.2, 0) is 0 Å². The highest BCUT2D eigenvalue weighted by molar-refractivity contribution is 7.16. The second-order valence-electron chi connectivity index (χ2n) is 6.66. The molecule has 0 saturated heterocycles. The van der Waals surface area contributed by atoms with E-state index in [1.807, 2.05) is 6.92 Å². The van der Waals surface area contributed by atoms with Crippen LogP contribution in [0.25, 0.3) is 11.3 Å². The van der Waals surface area contributed by atoms with Crippen LogP contribution in [0.2, 0.25) is 0 Å². The Hall–Kier alpha value is -3.91. The Kier molecular flexibility index (Phi) is 5.81. The summed E-state index contributed by atoms with van der Waals surface area (Å²) in [6, 6.07) is 16.0. The molecule has 4 aromatic rings. The first-order valence-electron chi connectivity index (χ1n) is 9.36. The molecule has 2 aromatic carbocycles. The Morgan fingerprint density at radius 1 is 0.935 bits per heavy atom. The van der Waals surface area contributed by atoms with Crippen LogP contribution in [0.4, 0.5) is 15.2 Å². The van der Waals surface area contributed by atoms with E-state index >= 15 is 0 Å². The monoisotopic (exact) mass is 432 g/mol. The van der Waals surface area contributed by atoms with Gasteiger partial charge in [-0.3, -0.25) is 19.9 Å². The molecule has 4 rings (SSSR count). The van der Waals surface area contributed by atoms with Gasteiger partial charge in [0.15, 0.2) is 5.13 Å². The topological polar surface area (TPSA) is 84.0 Å². The standard InChI is InChI=1S/C23H17FN4O2S/c1-14-20(15-7-9-18(24)10-8-15)27-23(31-14)28-21(29)16-4-2-6-19(12-16)26-22(30)17-5-3-11-25-13-17/h2-13H,1H3,(H,26,30)(H,27,28,29). The predicted molar refractivity (Wildman–Crippen MR) is 119 cm³/mol. The zero-order chi connectivity index (χ0) is 21.8. The van der Waals surface area contributed by atoms with Gasteiger partial charge < -0.3 is 5.32 Å². The fourth-order valence-electron chi connectivity index (χ4n) is 2.93. The lowest BCUT2D eigenvalue weighted by atomic mass is 10.1. The van der Waals surface area contributed by atoms with Crippen molar-refractivity contribution in [3.63, 3.8) is 0 Å². The molecule has 2 N–H and O–H groups in total. The minimum atomic E-state index is -0.350. The van der Waals surface area contributed by atoms with Gasteiger partial charge in [-0.2, -0.15) is 0 Å². The summed E-state index contributed by atoms with van der Waals surface area (Å²) in [5.41, 5.74) is 2.75. The SMILES string of the molecule is Cc1sc(NC(=O)c2cccc(NC(=O)c3cccnc3)c2)nc1-c1ccc(F)cc1. The third-order valence-corrected chi connectivity index (χ3v) is 5.33. The van der Waals surface area contributed by atoms with Gasteiger partial charge in [-0.05, 0) is 61.5 Å². The zero-order valence-electron chi connectivity index (χ0n) is 16.4. The lowest BCUT2D eigenvalue weighted by molar-refractivity contribution is 0.101. The first-order chi connectivity index (χ1) is 15.0. The van der Waals surface area contributed by atoms with Gasteiger partial charge in [-0.25, -0.2) is 9.37 Å². The zero-order valence-corrected chi connectivity index (χ0v) is 17.2. The molecule has 0 fully saturated rings. The minimum absolute atomic E-state index is 0.315. The molecule has 6 nitrogen and oxygen atoms in total. The van der Waals surface area contributed by atoms with Crippen molar-refractivity contribution >= 4 is 34.0 Å². The predicted octanol–water partition coefficient (Wildman–Crippen LogP) is 5.16. The highest BCUT2D eigenvalue weighted by atomic mass is 32.1. The molecule has 154 valence electrons. The summed E-state index contributed by atoms with van der Waals surface area (Å²) in [6.45, 7) is 1.89. The van der Waals surface area contributed by atoms with Crippen molar-refractivity contribution in [1.29, 1.82) is 0 Å². The van der Waals surface area contributed by atoms with Crippen LogP contribution >= 0.6 is 11.3 Å². The second-order valence-corrected chi connectivity index (χ2v) is 7.86. The molecule has 0 aliphatic heterocycles. The molecule has 0 unspecified atom stereocenters. The smallest absolute Gasteiger partial charge is 0.257 e. The molecule has 0 aliphatic rings. The van der Waals surface area contributed by atoms with Crippen LogP contribution in [0.3, 0.4) is 0 Å². The number of thiazole rings is 1. The van der Waals surface area contributed by atoms with E-state index in [1.165, 1.54) is 29.7 Å². The fourth-order valence-corrected chi connectivity index (χ4v) is 3.76. The van der Waals surface area contributed by atoms with Crippen molar-refractivity contribution in [2.45, 2.75) is 6.92 Å². The molecular formula is C23H17FN4O2S. The third-order valence-electron chi connectivity index (χ3n) is 4.44. The number of hydrogen-bond donors (Lipinski definition) is 2. The number of benzene rings is 2. The number of anilines is 2. The van der Waals surface area contributed by atoms with Crippen LogP contribution in [-0.4, -0.2) is 21.8 Å². The molecule has 0 atom stereocenters. The summed E-state index contributed by atoms with van der Waals surface area (Å²) >= 11 is 1.34. The average molecular weight is 432 g/mol. The van der Waals surface area contributed by atoms with E-state index in [-0.39, 0.29) is 17.6 Å². The first kappa shape index (κ1) is 20.4. The Morgan fingerprint density at radius 3 is 2.42 bits per heavy atom. The van der Waals surface area contributed by atoms with Crippen LogP contribution in [0.1, 0.15) is 25.6 Å². The Morgan fingerprint density at radius 2 is 1.68 bits per heavy atom. The molecule has 0 aliphatic carbocycles. The fraction of sp³-hybridized carbons (Fsp3) is 0.0435. The molecule has 0 radical (unpaired) electrons. The normalized spacial score (nSPS) is 10.5. The maximum absolute atomic E-state index is 13.2. The largest absolute Gasteiger partial charge is 0.322 e. The Balaban J connectivity index is 1.48. The van der Waals surface area contributed by atoms with Gasteiger partial charge in [0.1, 0.15) is 5.82 Å². The number of aromatic nitrogens is 2. The number of pyridine rings is 1. The molecule has 0 spiro atoms. The molecule has 8 heteroatoms. The summed E-state index contributed by atoms with van der Waals surface area (Å²) in [4.78, 5) is 34.3. The molecule has 0 saturated carbocycles. The summed E-state index contributed by atoms with van der Waals surface area (Å²) in [7, 11) is 0. The van der Waals surface area contributed by atoms with Gasteiger partial charge in [0.2, 0.25) is 0 Å². The van der Waals surface area contributed by atoms with E-state index in [0.29, 0.717) is 27.6 Å². The van der Waals surface area contributed by atoms with Crippen LogP contribution in [0.5, 0.6) is 0 Å². The van der Waals surface area contributed by atoms with Crippen molar-refractivity contribution in [2.75, 3.05) is 10.6 Å². The number of carbonyl (C=O) groups excluding carboxylic acids is 2. The summed E-state index contributed by atoms with van der Waals surface area (Å²) in [5, 5.41) is 5.98. The molecule has 2 aromatic heterocycles. The first-order valence-corrected chi connectivity index (χ1v) is 10.2. The van der Waals surface area contributed by atoms with Gasteiger partial charge >= 0.3 is 0 Å². The lowest BCUT2D eigenvalue weighted by Gasteiger charge is -2.07.